The molecule has 1 aliphatic heterocycles. The number of carbonyl (C=O) groups is 3. The van der Waals surface area contributed by atoms with Gasteiger partial charge in [0.15, 0.2) is 11.5 Å². The van der Waals surface area contributed by atoms with Crippen LogP contribution in [0.25, 0.3) is 6.08 Å². The van der Waals surface area contributed by atoms with Crippen LogP contribution in [0.5, 0.6) is 11.5 Å². The van der Waals surface area contributed by atoms with Crippen LogP contribution < -0.4 is 19.7 Å². The number of amides is 4. The van der Waals surface area contributed by atoms with Crippen molar-refractivity contribution in [1.82, 2.24) is 5.32 Å². The molecule has 1 saturated heterocycles. The van der Waals surface area contributed by atoms with Gasteiger partial charge in [0.1, 0.15) is 18.0 Å². The summed E-state index contributed by atoms with van der Waals surface area (Å²) >= 11 is 3.44. The molecule has 0 spiro atoms. The molecule has 1 fully saturated rings. The van der Waals surface area contributed by atoms with Crippen molar-refractivity contribution in [3.8, 4) is 11.5 Å². The summed E-state index contributed by atoms with van der Waals surface area (Å²) in [7, 11) is 1.45. The summed E-state index contributed by atoms with van der Waals surface area (Å²) in [5.74, 6) is -1.20. The molecule has 1 N–H and O–H groups in total. The van der Waals surface area contributed by atoms with Gasteiger partial charge in [-0.25, -0.2) is 14.1 Å². The number of hydrogen-bond donors (Lipinski definition) is 1. The summed E-state index contributed by atoms with van der Waals surface area (Å²) in [4.78, 5) is 39.3. The summed E-state index contributed by atoms with van der Waals surface area (Å²) in [6, 6.07) is 13.8. The van der Waals surface area contributed by atoms with E-state index in [0.29, 0.717) is 32.8 Å². The third-order valence-corrected chi connectivity index (χ3v) is 5.99. The minimum Gasteiger partial charge on any atom is -0.493 e. The second-order valence-electron chi connectivity index (χ2n) is 8.26. The number of rotatable bonds is 6. The Labute approximate surface area is 215 Å². The zero-order chi connectivity index (χ0) is 26.0. The minimum atomic E-state index is -0.813. The summed E-state index contributed by atoms with van der Waals surface area (Å²) in [5.41, 5.74) is 3.00. The molecule has 1 heterocycles. The second kappa shape index (κ2) is 10.3. The molecular weight excluding hydrogens is 531 g/mol. The van der Waals surface area contributed by atoms with Crippen molar-refractivity contribution < 1.29 is 28.2 Å². The Morgan fingerprint density at radius 1 is 1.03 bits per heavy atom. The summed E-state index contributed by atoms with van der Waals surface area (Å²) in [5, 5.41) is 2.23. The Kier molecular flexibility index (Phi) is 7.21. The predicted octanol–water partition coefficient (Wildman–Crippen LogP) is 5.46. The predicted molar refractivity (Wildman–Crippen MR) is 136 cm³/mol. The average Bonchev–Trinajstić information content (AvgIpc) is 2.80. The number of carbonyl (C=O) groups excluding carboxylic acids is 3. The Bertz CT molecular complexity index is 1400. The van der Waals surface area contributed by atoms with E-state index in [1.807, 2.05) is 19.9 Å². The highest BCUT2D eigenvalue weighted by Crippen LogP contribution is 2.38. The maximum Gasteiger partial charge on any atom is 0.335 e. The molecule has 3 aromatic rings. The van der Waals surface area contributed by atoms with Gasteiger partial charge in [-0.3, -0.25) is 14.9 Å². The van der Waals surface area contributed by atoms with E-state index in [1.54, 1.807) is 36.4 Å². The van der Waals surface area contributed by atoms with Gasteiger partial charge in [-0.2, -0.15) is 0 Å². The molecule has 0 unspecified atom stereocenters. The van der Waals surface area contributed by atoms with Crippen LogP contribution >= 0.6 is 15.9 Å². The molecular formula is C27H22BrFN2O5. The molecule has 0 saturated carbocycles. The van der Waals surface area contributed by atoms with Crippen molar-refractivity contribution in [2.24, 2.45) is 0 Å². The molecule has 0 aliphatic carbocycles. The maximum atomic E-state index is 13.5. The second-order valence-corrected chi connectivity index (χ2v) is 9.11. The van der Waals surface area contributed by atoms with Crippen LogP contribution in [0, 0.1) is 19.7 Å². The van der Waals surface area contributed by atoms with Crippen LogP contribution in [0.1, 0.15) is 22.3 Å². The van der Waals surface area contributed by atoms with Gasteiger partial charge in [0.05, 0.1) is 17.3 Å². The lowest BCUT2D eigenvalue weighted by Gasteiger charge is -2.27. The van der Waals surface area contributed by atoms with Crippen molar-refractivity contribution in [2.75, 3.05) is 12.0 Å². The maximum absolute atomic E-state index is 13.5. The molecule has 0 bridgehead atoms. The van der Waals surface area contributed by atoms with E-state index in [4.69, 9.17) is 9.47 Å². The van der Waals surface area contributed by atoms with E-state index in [9.17, 15) is 18.8 Å². The first kappa shape index (κ1) is 25.1. The quantitative estimate of drug-likeness (QED) is 0.324. The normalized spacial score (nSPS) is 14.8. The van der Waals surface area contributed by atoms with Crippen molar-refractivity contribution >= 4 is 45.5 Å². The van der Waals surface area contributed by atoms with Crippen LogP contribution in [-0.4, -0.2) is 25.0 Å². The van der Waals surface area contributed by atoms with E-state index >= 15 is 0 Å². The molecule has 3 aromatic carbocycles. The number of aryl methyl sites for hydroxylation is 2. The molecule has 36 heavy (non-hydrogen) atoms. The molecule has 4 amide bonds. The number of anilines is 1. The Morgan fingerprint density at radius 2 is 1.75 bits per heavy atom. The average molecular weight is 553 g/mol. The van der Waals surface area contributed by atoms with Gasteiger partial charge in [-0.05, 0) is 94.5 Å². The van der Waals surface area contributed by atoms with Gasteiger partial charge in [0, 0.05) is 0 Å². The molecule has 7 nitrogen and oxygen atoms in total. The van der Waals surface area contributed by atoms with Gasteiger partial charge < -0.3 is 9.47 Å². The number of halogens is 2. The number of hydrogen-bond acceptors (Lipinski definition) is 5. The van der Waals surface area contributed by atoms with Gasteiger partial charge >= 0.3 is 6.03 Å². The third kappa shape index (κ3) is 5.31. The van der Waals surface area contributed by atoms with Gasteiger partial charge in [-0.1, -0.05) is 18.2 Å². The highest BCUT2D eigenvalue weighted by atomic mass is 79.9. The first-order chi connectivity index (χ1) is 17.2. The molecule has 0 radical (unpaired) electrons. The number of ether oxygens (including phenoxy) is 2. The lowest BCUT2D eigenvalue weighted by molar-refractivity contribution is -0.122. The number of nitrogens with one attached hydrogen (secondary N) is 1. The van der Waals surface area contributed by atoms with Crippen LogP contribution in [0.3, 0.4) is 0 Å². The summed E-state index contributed by atoms with van der Waals surface area (Å²) < 4.78 is 25.3. The van der Waals surface area contributed by atoms with E-state index in [1.165, 1.54) is 25.3 Å². The number of benzene rings is 3. The fraction of sp³-hybridized carbons (Fsp3) is 0.148. The van der Waals surface area contributed by atoms with Crippen LogP contribution in [0.4, 0.5) is 14.9 Å². The first-order valence-electron chi connectivity index (χ1n) is 10.9. The van der Waals surface area contributed by atoms with Gasteiger partial charge in [0.25, 0.3) is 11.8 Å². The van der Waals surface area contributed by atoms with E-state index in [0.717, 1.165) is 16.0 Å². The molecule has 4 rings (SSSR count). The lowest BCUT2D eigenvalue weighted by Crippen LogP contribution is -2.54. The number of urea groups is 1. The highest BCUT2D eigenvalue weighted by Gasteiger charge is 2.37. The van der Waals surface area contributed by atoms with E-state index < -0.39 is 17.8 Å². The fourth-order valence-corrected chi connectivity index (χ4v) is 4.46. The van der Waals surface area contributed by atoms with Gasteiger partial charge in [-0.15, -0.1) is 0 Å². The van der Waals surface area contributed by atoms with E-state index in [2.05, 4.69) is 21.2 Å². The standard InChI is InChI=1S/C27H22BrFN2O5/c1-15-7-16(2)9-20(8-15)31-26(33)21(25(32)30-27(31)34)11-18-12-22(28)24(23(13-18)35-3)36-14-17-5-4-6-19(29)10-17/h4-13H,14H2,1-3H3,(H,30,32,34)/b21-11+. The Hall–Kier alpha value is -3.98. The van der Waals surface area contributed by atoms with Crippen molar-refractivity contribution in [3.05, 3.63) is 92.7 Å². The lowest BCUT2D eigenvalue weighted by atomic mass is 10.0. The number of imide groups is 2. The zero-order valence-electron chi connectivity index (χ0n) is 19.7. The third-order valence-electron chi connectivity index (χ3n) is 5.40. The van der Waals surface area contributed by atoms with Crippen molar-refractivity contribution in [3.63, 3.8) is 0 Å². The van der Waals surface area contributed by atoms with Crippen LogP contribution in [-0.2, 0) is 16.2 Å². The zero-order valence-corrected chi connectivity index (χ0v) is 21.3. The van der Waals surface area contributed by atoms with Crippen molar-refractivity contribution in [2.45, 2.75) is 20.5 Å². The topological polar surface area (TPSA) is 84.9 Å². The smallest absolute Gasteiger partial charge is 0.335 e. The number of nitrogens with zero attached hydrogens (tertiary/aromatic N) is 1. The van der Waals surface area contributed by atoms with Gasteiger partial charge in [0.2, 0.25) is 0 Å². The van der Waals surface area contributed by atoms with Crippen LogP contribution in [0.15, 0.2) is 64.6 Å². The first-order valence-corrected chi connectivity index (χ1v) is 11.7. The monoisotopic (exact) mass is 552 g/mol. The fourth-order valence-electron chi connectivity index (χ4n) is 3.88. The number of methoxy groups -OCH3 is 1. The van der Waals surface area contributed by atoms with E-state index in [-0.39, 0.29) is 18.0 Å². The Morgan fingerprint density at radius 3 is 2.42 bits per heavy atom. The molecule has 0 atom stereocenters. The summed E-state index contributed by atoms with van der Waals surface area (Å²) in [6.07, 6.45) is 1.38. The number of barbiturate groups is 1. The SMILES string of the molecule is COc1cc(/C=C2\C(=O)NC(=O)N(c3cc(C)cc(C)c3)C2=O)cc(Br)c1OCc1cccc(F)c1. The highest BCUT2D eigenvalue weighted by molar-refractivity contribution is 9.10. The van der Waals surface area contributed by atoms with Crippen LogP contribution in [0.2, 0.25) is 0 Å². The molecule has 184 valence electrons. The van der Waals surface area contributed by atoms with Crippen molar-refractivity contribution in [1.29, 1.82) is 0 Å². The Balaban J connectivity index is 1.66. The minimum absolute atomic E-state index is 0.0982. The summed E-state index contributed by atoms with van der Waals surface area (Å²) in [6.45, 7) is 3.81. The molecule has 1 aliphatic rings. The molecule has 9 heteroatoms. The largest absolute Gasteiger partial charge is 0.493 e. The molecule has 0 aromatic heterocycles.